The summed E-state index contributed by atoms with van der Waals surface area (Å²) >= 11 is 12.0. The number of carbonyl (C=O) groups excluding carboxylic acids is 1. The number of anilines is 1. The summed E-state index contributed by atoms with van der Waals surface area (Å²) in [6.45, 7) is 1.43. The van der Waals surface area contributed by atoms with Crippen LogP contribution in [0.3, 0.4) is 0 Å². The summed E-state index contributed by atoms with van der Waals surface area (Å²) in [6.07, 6.45) is 5.44. The van der Waals surface area contributed by atoms with Gasteiger partial charge >= 0.3 is 0 Å². The van der Waals surface area contributed by atoms with E-state index in [1.54, 1.807) is 41.2 Å². The van der Waals surface area contributed by atoms with Crippen LogP contribution in [0.5, 0.6) is 0 Å². The van der Waals surface area contributed by atoms with Crippen LogP contribution in [0.15, 0.2) is 36.5 Å². The van der Waals surface area contributed by atoms with Gasteiger partial charge in [-0.25, -0.2) is 8.78 Å². The third kappa shape index (κ3) is 6.77. The fourth-order valence-electron chi connectivity index (χ4n) is 2.24. The molecule has 140 valence electrons. The number of alkyl halides is 2. The van der Waals surface area contributed by atoms with Gasteiger partial charge in [-0.2, -0.15) is 5.10 Å². The molecule has 0 aliphatic rings. The molecule has 8 heteroatoms. The van der Waals surface area contributed by atoms with Gasteiger partial charge in [-0.3, -0.25) is 9.48 Å². The van der Waals surface area contributed by atoms with Crippen molar-refractivity contribution in [3.63, 3.8) is 0 Å². The first-order chi connectivity index (χ1) is 12.2. The first kappa shape index (κ1) is 20.4. The molecule has 1 N–H and O–H groups in total. The van der Waals surface area contributed by atoms with Gasteiger partial charge < -0.3 is 5.32 Å². The molecule has 0 unspecified atom stereocenters. The highest BCUT2D eigenvalue weighted by molar-refractivity contribution is 6.42. The van der Waals surface area contributed by atoms with E-state index in [2.05, 4.69) is 10.4 Å². The van der Waals surface area contributed by atoms with E-state index in [0.29, 0.717) is 40.8 Å². The summed E-state index contributed by atoms with van der Waals surface area (Å²) in [5, 5.41) is 7.60. The number of halogens is 4. The smallest absolute Gasteiger partial charge is 0.249 e. The van der Waals surface area contributed by atoms with E-state index >= 15 is 0 Å². The fraction of sp³-hybridized carbons (Fsp3) is 0.333. The SMILES string of the molecule is CC(F)(F)CCCCn1ccc(NC(=O)C=Cc2cccc(Cl)c2Cl)n1. The zero-order valence-corrected chi connectivity index (χ0v) is 15.7. The molecule has 1 aromatic carbocycles. The molecule has 0 aliphatic heterocycles. The minimum atomic E-state index is -2.64. The lowest BCUT2D eigenvalue weighted by atomic mass is 10.1. The number of hydrogen-bond acceptors (Lipinski definition) is 2. The van der Waals surface area contributed by atoms with Crippen molar-refractivity contribution in [2.24, 2.45) is 0 Å². The maximum absolute atomic E-state index is 12.7. The lowest BCUT2D eigenvalue weighted by Gasteiger charge is -2.09. The number of amides is 1. The zero-order valence-electron chi connectivity index (χ0n) is 14.2. The molecule has 2 aromatic rings. The van der Waals surface area contributed by atoms with Gasteiger partial charge in [-0.05, 0) is 37.5 Å². The van der Waals surface area contributed by atoms with Crippen molar-refractivity contribution in [2.75, 3.05) is 5.32 Å². The fourth-order valence-corrected chi connectivity index (χ4v) is 2.62. The maximum atomic E-state index is 12.7. The molecule has 1 aromatic heterocycles. The second-order valence-electron chi connectivity index (χ2n) is 5.96. The molecule has 0 atom stereocenters. The van der Waals surface area contributed by atoms with Crippen molar-refractivity contribution in [2.45, 2.75) is 38.7 Å². The molecule has 1 heterocycles. The molecule has 0 fully saturated rings. The highest BCUT2D eigenvalue weighted by Crippen LogP contribution is 2.26. The first-order valence-electron chi connectivity index (χ1n) is 8.09. The minimum absolute atomic E-state index is 0.144. The molecule has 26 heavy (non-hydrogen) atoms. The second kappa shape index (κ2) is 9.14. The van der Waals surface area contributed by atoms with Gasteiger partial charge in [0.2, 0.25) is 11.8 Å². The van der Waals surface area contributed by atoms with Crippen LogP contribution in [-0.2, 0) is 11.3 Å². The Morgan fingerprint density at radius 2 is 2.08 bits per heavy atom. The summed E-state index contributed by atoms with van der Waals surface area (Å²) in [5.41, 5.74) is 0.632. The van der Waals surface area contributed by atoms with Crippen molar-refractivity contribution < 1.29 is 13.6 Å². The number of benzene rings is 1. The average molecular weight is 402 g/mol. The number of nitrogens with zero attached hydrogens (tertiary/aromatic N) is 2. The highest BCUT2D eigenvalue weighted by Gasteiger charge is 2.19. The van der Waals surface area contributed by atoms with Gasteiger partial charge in [0.25, 0.3) is 0 Å². The molecule has 4 nitrogen and oxygen atoms in total. The van der Waals surface area contributed by atoms with E-state index in [1.165, 1.54) is 6.08 Å². The Bertz CT molecular complexity index is 785. The third-order valence-corrected chi connectivity index (χ3v) is 4.37. The predicted molar refractivity (Wildman–Crippen MR) is 101 cm³/mol. The molecule has 0 saturated heterocycles. The third-order valence-electron chi connectivity index (χ3n) is 3.54. The Hall–Kier alpha value is -1.92. The Morgan fingerprint density at radius 3 is 2.81 bits per heavy atom. The van der Waals surface area contributed by atoms with Gasteiger partial charge in [0.15, 0.2) is 5.82 Å². The van der Waals surface area contributed by atoms with Crippen LogP contribution in [0.2, 0.25) is 10.0 Å². The van der Waals surface area contributed by atoms with Crippen molar-refractivity contribution in [3.8, 4) is 0 Å². The summed E-state index contributed by atoms with van der Waals surface area (Å²) in [4.78, 5) is 12.0. The summed E-state index contributed by atoms with van der Waals surface area (Å²) in [7, 11) is 0. The molecule has 0 saturated carbocycles. The standard InChI is InChI=1S/C18H19Cl2F2N3O/c1-18(21,22)10-2-3-11-25-12-9-15(24-25)23-16(26)8-7-13-5-4-6-14(19)17(13)20/h4-9,12H,2-3,10-11H2,1H3,(H,23,24,26). The van der Waals surface area contributed by atoms with E-state index in [9.17, 15) is 13.6 Å². The quantitative estimate of drug-likeness (QED) is 0.457. The van der Waals surface area contributed by atoms with Crippen LogP contribution in [-0.4, -0.2) is 21.6 Å². The number of hydrogen-bond donors (Lipinski definition) is 1. The van der Waals surface area contributed by atoms with Crippen molar-refractivity contribution in [1.29, 1.82) is 0 Å². The Labute approximate surface area is 160 Å². The topological polar surface area (TPSA) is 46.9 Å². The first-order valence-corrected chi connectivity index (χ1v) is 8.84. The monoisotopic (exact) mass is 401 g/mol. The van der Waals surface area contributed by atoms with Crippen LogP contribution in [0.1, 0.15) is 31.7 Å². The summed E-state index contributed by atoms with van der Waals surface area (Å²) in [5.74, 6) is -2.61. The van der Waals surface area contributed by atoms with Crippen LogP contribution in [0.25, 0.3) is 6.08 Å². The highest BCUT2D eigenvalue weighted by atomic mass is 35.5. The Balaban J connectivity index is 1.83. The van der Waals surface area contributed by atoms with Gasteiger partial charge in [0.1, 0.15) is 0 Å². The number of aryl methyl sites for hydroxylation is 1. The van der Waals surface area contributed by atoms with Gasteiger partial charge in [0.05, 0.1) is 10.0 Å². The van der Waals surface area contributed by atoms with Crippen LogP contribution in [0.4, 0.5) is 14.6 Å². The van der Waals surface area contributed by atoms with E-state index < -0.39 is 5.92 Å². The molecule has 2 rings (SSSR count). The van der Waals surface area contributed by atoms with Crippen molar-refractivity contribution >= 4 is 41.0 Å². The number of unbranched alkanes of at least 4 members (excludes halogenated alkanes) is 1. The van der Waals surface area contributed by atoms with E-state index in [0.717, 1.165) is 6.92 Å². The lowest BCUT2D eigenvalue weighted by Crippen LogP contribution is -2.10. The van der Waals surface area contributed by atoms with Crippen molar-refractivity contribution in [1.82, 2.24) is 9.78 Å². The molecule has 1 amide bonds. The normalized spacial score (nSPS) is 11.9. The maximum Gasteiger partial charge on any atom is 0.249 e. The van der Waals surface area contributed by atoms with E-state index in [4.69, 9.17) is 23.2 Å². The Morgan fingerprint density at radius 1 is 1.31 bits per heavy atom. The number of aromatic nitrogens is 2. The van der Waals surface area contributed by atoms with Crippen molar-refractivity contribution in [3.05, 3.63) is 52.1 Å². The zero-order chi connectivity index (χ0) is 19.2. The minimum Gasteiger partial charge on any atom is -0.306 e. The summed E-state index contributed by atoms with van der Waals surface area (Å²) in [6, 6.07) is 6.79. The molecule has 0 bridgehead atoms. The molecule has 0 aliphatic carbocycles. The number of rotatable bonds is 8. The number of carbonyl (C=O) groups is 1. The Kier molecular flexibility index (Phi) is 7.17. The van der Waals surface area contributed by atoms with Crippen LogP contribution in [0, 0.1) is 0 Å². The van der Waals surface area contributed by atoms with E-state index in [-0.39, 0.29) is 12.3 Å². The van der Waals surface area contributed by atoms with Crippen LogP contribution < -0.4 is 5.32 Å². The molecular formula is C18H19Cl2F2N3O. The molecule has 0 radical (unpaired) electrons. The predicted octanol–water partition coefficient (Wildman–Crippen LogP) is 5.67. The molecule has 0 spiro atoms. The van der Waals surface area contributed by atoms with Crippen LogP contribution >= 0.6 is 23.2 Å². The summed E-state index contributed by atoms with van der Waals surface area (Å²) < 4.78 is 27.1. The van der Waals surface area contributed by atoms with E-state index in [1.807, 2.05) is 0 Å². The van der Waals surface area contributed by atoms with Gasteiger partial charge in [-0.1, -0.05) is 35.3 Å². The van der Waals surface area contributed by atoms with Gasteiger partial charge in [-0.15, -0.1) is 0 Å². The molecular weight excluding hydrogens is 383 g/mol. The van der Waals surface area contributed by atoms with Gasteiger partial charge in [0, 0.05) is 31.3 Å². The number of nitrogens with one attached hydrogen (secondary N) is 1. The lowest BCUT2D eigenvalue weighted by molar-refractivity contribution is -0.111. The second-order valence-corrected chi connectivity index (χ2v) is 6.74. The largest absolute Gasteiger partial charge is 0.306 e. The average Bonchev–Trinajstić information content (AvgIpc) is 2.99.